The number of halogens is 1. The maximum absolute atomic E-state index is 5.97. The molecule has 106 valence electrons. The number of hydrogen-bond acceptors (Lipinski definition) is 3. The van der Waals surface area contributed by atoms with Crippen LogP contribution >= 0.6 is 11.6 Å². The van der Waals surface area contributed by atoms with Crippen LogP contribution in [0.15, 0.2) is 36.5 Å². The molecule has 0 saturated carbocycles. The van der Waals surface area contributed by atoms with Gasteiger partial charge in [0.25, 0.3) is 0 Å². The minimum absolute atomic E-state index is 0.488. The number of nitrogens with zero attached hydrogens (tertiary/aromatic N) is 1. The van der Waals surface area contributed by atoms with Crippen molar-refractivity contribution in [2.75, 3.05) is 11.9 Å². The van der Waals surface area contributed by atoms with E-state index in [4.69, 9.17) is 16.3 Å². The van der Waals surface area contributed by atoms with Gasteiger partial charge in [-0.2, -0.15) is 0 Å². The Kier molecular flexibility index (Phi) is 5.24. The van der Waals surface area contributed by atoms with E-state index in [1.165, 1.54) is 0 Å². The summed E-state index contributed by atoms with van der Waals surface area (Å²) in [6.45, 7) is 5.55. The van der Waals surface area contributed by atoms with Gasteiger partial charge < -0.3 is 10.1 Å². The minimum atomic E-state index is 0.488. The summed E-state index contributed by atoms with van der Waals surface area (Å²) in [6.07, 6.45) is 2.92. The predicted molar refractivity (Wildman–Crippen MR) is 83.5 cm³/mol. The first-order valence-electron chi connectivity index (χ1n) is 6.77. The van der Waals surface area contributed by atoms with Crippen molar-refractivity contribution in [2.24, 2.45) is 0 Å². The summed E-state index contributed by atoms with van der Waals surface area (Å²) < 4.78 is 5.78. The third-order valence-electron chi connectivity index (χ3n) is 2.93. The van der Waals surface area contributed by atoms with Gasteiger partial charge >= 0.3 is 0 Å². The molecule has 0 aliphatic rings. The van der Waals surface area contributed by atoms with Crippen LogP contribution < -0.4 is 10.1 Å². The Morgan fingerprint density at radius 1 is 1.25 bits per heavy atom. The second-order valence-corrected chi connectivity index (χ2v) is 5.11. The van der Waals surface area contributed by atoms with Crippen LogP contribution in [0, 0.1) is 6.92 Å². The van der Waals surface area contributed by atoms with Gasteiger partial charge in [0.05, 0.1) is 0 Å². The zero-order chi connectivity index (χ0) is 14.4. The highest BCUT2D eigenvalue weighted by Crippen LogP contribution is 2.23. The van der Waals surface area contributed by atoms with E-state index in [2.05, 4.69) is 17.2 Å². The molecule has 0 radical (unpaired) electrons. The van der Waals surface area contributed by atoms with Crippen molar-refractivity contribution in [3.8, 4) is 5.75 Å². The quantitative estimate of drug-likeness (QED) is 0.854. The molecule has 4 heteroatoms. The van der Waals surface area contributed by atoms with Crippen molar-refractivity contribution in [2.45, 2.75) is 26.9 Å². The van der Waals surface area contributed by atoms with Gasteiger partial charge in [-0.05, 0) is 37.1 Å². The largest absolute Gasteiger partial charge is 0.489 e. The van der Waals surface area contributed by atoms with Crippen molar-refractivity contribution in [3.05, 3.63) is 52.7 Å². The number of hydrogen-bond donors (Lipinski definition) is 1. The lowest BCUT2D eigenvalue weighted by Crippen LogP contribution is -2.03. The molecule has 2 aromatic rings. The SMILES string of the molecule is CCCNc1ccc(COc2cc(Cl)ccc2C)cn1. The summed E-state index contributed by atoms with van der Waals surface area (Å²) in [6, 6.07) is 9.64. The van der Waals surface area contributed by atoms with Crippen LogP contribution in [0.3, 0.4) is 0 Å². The molecule has 1 heterocycles. The number of ether oxygens (including phenoxy) is 1. The van der Waals surface area contributed by atoms with E-state index in [0.717, 1.165) is 35.7 Å². The molecule has 0 aliphatic heterocycles. The van der Waals surface area contributed by atoms with E-state index in [0.29, 0.717) is 11.6 Å². The minimum Gasteiger partial charge on any atom is -0.489 e. The third kappa shape index (κ3) is 4.14. The molecule has 0 saturated heterocycles. The molecular weight excluding hydrogens is 272 g/mol. The number of nitrogens with one attached hydrogen (secondary N) is 1. The van der Waals surface area contributed by atoms with Gasteiger partial charge in [-0.1, -0.05) is 30.7 Å². The number of aryl methyl sites for hydroxylation is 1. The Bertz CT molecular complexity index is 555. The first-order valence-corrected chi connectivity index (χ1v) is 7.14. The van der Waals surface area contributed by atoms with Crippen molar-refractivity contribution in [3.63, 3.8) is 0 Å². The van der Waals surface area contributed by atoms with Crippen LogP contribution in [0.25, 0.3) is 0 Å². The third-order valence-corrected chi connectivity index (χ3v) is 3.16. The first-order chi connectivity index (χ1) is 9.69. The molecule has 0 unspecified atom stereocenters. The Morgan fingerprint density at radius 2 is 2.10 bits per heavy atom. The average molecular weight is 291 g/mol. The summed E-state index contributed by atoms with van der Waals surface area (Å²) in [5.74, 6) is 1.71. The highest BCUT2D eigenvalue weighted by Gasteiger charge is 2.02. The monoisotopic (exact) mass is 290 g/mol. The van der Waals surface area contributed by atoms with Crippen LogP contribution in [-0.4, -0.2) is 11.5 Å². The fourth-order valence-corrected chi connectivity index (χ4v) is 1.92. The van der Waals surface area contributed by atoms with Gasteiger partial charge in [0.2, 0.25) is 0 Å². The zero-order valence-electron chi connectivity index (χ0n) is 11.8. The van der Waals surface area contributed by atoms with Gasteiger partial charge in [-0.3, -0.25) is 0 Å². The van der Waals surface area contributed by atoms with Crippen LogP contribution in [-0.2, 0) is 6.61 Å². The van der Waals surface area contributed by atoms with Gasteiger partial charge in [0, 0.05) is 23.3 Å². The van der Waals surface area contributed by atoms with Crippen molar-refractivity contribution >= 4 is 17.4 Å². The molecule has 0 aliphatic carbocycles. The molecule has 0 bridgehead atoms. The van der Waals surface area contributed by atoms with E-state index in [1.807, 2.05) is 43.5 Å². The number of pyridine rings is 1. The van der Waals surface area contributed by atoms with Crippen molar-refractivity contribution in [1.82, 2.24) is 4.98 Å². The van der Waals surface area contributed by atoms with E-state index in [1.54, 1.807) is 0 Å². The highest BCUT2D eigenvalue weighted by atomic mass is 35.5. The van der Waals surface area contributed by atoms with Crippen molar-refractivity contribution < 1.29 is 4.74 Å². The maximum atomic E-state index is 5.97. The fourth-order valence-electron chi connectivity index (χ4n) is 1.76. The predicted octanol–water partition coefficient (Wildman–Crippen LogP) is 4.44. The summed E-state index contributed by atoms with van der Waals surface area (Å²) >= 11 is 5.97. The van der Waals surface area contributed by atoms with Crippen molar-refractivity contribution in [1.29, 1.82) is 0 Å². The normalized spacial score (nSPS) is 10.3. The number of benzene rings is 1. The smallest absolute Gasteiger partial charge is 0.125 e. The average Bonchev–Trinajstić information content (AvgIpc) is 2.47. The summed E-state index contributed by atoms with van der Waals surface area (Å²) in [5, 5.41) is 3.93. The number of aromatic nitrogens is 1. The lowest BCUT2D eigenvalue weighted by molar-refractivity contribution is 0.303. The standard InChI is InChI=1S/C16H19ClN2O/c1-3-8-18-16-7-5-13(10-19-16)11-20-15-9-14(17)6-4-12(15)2/h4-7,9-10H,3,8,11H2,1-2H3,(H,18,19). The molecular formula is C16H19ClN2O. The molecule has 1 N–H and O–H groups in total. The molecule has 3 nitrogen and oxygen atoms in total. The molecule has 0 amide bonds. The topological polar surface area (TPSA) is 34.1 Å². The van der Waals surface area contributed by atoms with Crippen LogP contribution in [0.4, 0.5) is 5.82 Å². The molecule has 0 atom stereocenters. The molecule has 1 aromatic heterocycles. The van der Waals surface area contributed by atoms with E-state index in [-0.39, 0.29) is 0 Å². The second-order valence-electron chi connectivity index (χ2n) is 4.68. The van der Waals surface area contributed by atoms with Crippen LogP contribution in [0.2, 0.25) is 5.02 Å². The Balaban J connectivity index is 1.95. The lowest BCUT2D eigenvalue weighted by Gasteiger charge is -2.10. The number of anilines is 1. The summed E-state index contributed by atoms with van der Waals surface area (Å²) in [7, 11) is 0. The Hall–Kier alpha value is -1.74. The first kappa shape index (κ1) is 14.7. The van der Waals surface area contributed by atoms with E-state index < -0.39 is 0 Å². The Morgan fingerprint density at radius 3 is 2.80 bits per heavy atom. The van der Waals surface area contributed by atoms with E-state index in [9.17, 15) is 0 Å². The number of rotatable bonds is 6. The Labute approximate surface area is 124 Å². The molecule has 2 rings (SSSR count). The molecule has 0 fully saturated rings. The summed E-state index contributed by atoms with van der Waals surface area (Å²) in [5.41, 5.74) is 2.11. The van der Waals surface area contributed by atoms with Crippen LogP contribution in [0.1, 0.15) is 24.5 Å². The molecule has 20 heavy (non-hydrogen) atoms. The molecule has 0 spiro atoms. The zero-order valence-corrected chi connectivity index (χ0v) is 12.6. The molecule has 1 aromatic carbocycles. The lowest BCUT2D eigenvalue weighted by atomic mass is 10.2. The fraction of sp³-hybridized carbons (Fsp3) is 0.312. The van der Waals surface area contributed by atoms with Gasteiger partial charge in [0.15, 0.2) is 0 Å². The second kappa shape index (κ2) is 7.15. The van der Waals surface area contributed by atoms with Gasteiger partial charge in [-0.15, -0.1) is 0 Å². The van der Waals surface area contributed by atoms with E-state index >= 15 is 0 Å². The maximum Gasteiger partial charge on any atom is 0.125 e. The highest BCUT2D eigenvalue weighted by molar-refractivity contribution is 6.30. The summed E-state index contributed by atoms with van der Waals surface area (Å²) in [4.78, 5) is 4.35. The van der Waals surface area contributed by atoms with Gasteiger partial charge in [-0.25, -0.2) is 4.98 Å². The van der Waals surface area contributed by atoms with Gasteiger partial charge in [0.1, 0.15) is 18.2 Å². The van der Waals surface area contributed by atoms with Crippen LogP contribution in [0.5, 0.6) is 5.75 Å².